The van der Waals surface area contributed by atoms with E-state index in [9.17, 15) is 0 Å². The van der Waals surface area contributed by atoms with Gasteiger partial charge in [0.15, 0.2) is 0 Å². The van der Waals surface area contributed by atoms with E-state index in [2.05, 4.69) is 27.7 Å². The number of hydrogen-bond donors (Lipinski definition) is 0. The summed E-state index contributed by atoms with van der Waals surface area (Å²) >= 11 is 0. The normalized spacial score (nSPS) is 13.1. The van der Waals surface area contributed by atoms with Gasteiger partial charge in [-0.15, -0.1) is 0 Å². The molecule has 0 unspecified atom stereocenters. The van der Waals surface area contributed by atoms with Crippen LogP contribution in [0.15, 0.2) is 0 Å². The molecule has 0 radical (unpaired) electrons. The van der Waals surface area contributed by atoms with Crippen molar-refractivity contribution in [2.24, 2.45) is 0 Å². The van der Waals surface area contributed by atoms with Crippen LogP contribution < -0.4 is 0 Å². The first-order chi connectivity index (χ1) is 6.74. The first-order valence-corrected chi connectivity index (χ1v) is 9.57. The molecule has 0 heterocycles. The Kier molecular flexibility index (Phi) is 8.98. The summed E-state index contributed by atoms with van der Waals surface area (Å²) in [5, 5.41) is 0. The third-order valence-corrected chi connectivity index (χ3v) is 9.97. The molecule has 88 valence electrons. The quantitative estimate of drug-likeness (QED) is 0.386. The summed E-state index contributed by atoms with van der Waals surface area (Å²) in [5.41, 5.74) is 0. The summed E-state index contributed by atoms with van der Waals surface area (Å²) in [6.07, 6.45) is 13.4. The van der Waals surface area contributed by atoms with Crippen molar-refractivity contribution in [1.29, 1.82) is 0 Å². The molecule has 14 heavy (non-hydrogen) atoms. The third-order valence-electron chi connectivity index (χ3n) is 4.06. The van der Waals surface area contributed by atoms with Gasteiger partial charge in [-0.05, 0) is 0 Å². The molecule has 0 spiro atoms. The van der Waals surface area contributed by atoms with Crippen LogP contribution in [-0.2, 0) is 0 Å². The predicted molar refractivity (Wildman–Crippen MR) is 73.6 cm³/mol. The second-order valence-electron chi connectivity index (χ2n) is 4.72. The van der Waals surface area contributed by atoms with E-state index in [0.717, 1.165) is 0 Å². The monoisotopic (exact) mass is 218 g/mol. The van der Waals surface area contributed by atoms with Crippen LogP contribution in [0.25, 0.3) is 0 Å². The van der Waals surface area contributed by atoms with E-state index in [1.165, 1.54) is 50.6 Å². The summed E-state index contributed by atoms with van der Waals surface area (Å²) in [6, 6.07) is 0. The molecule has 0 aromatic carbocycles. The Bertz CT molecular complexity index is 108. The molecule has 0 aromatic rings. The van der Waals surface area contributed by atoms with Crippen molar-refractivity contribution in [2.75, 3.05) is 24.6 Å². The molecule has 0 aromatic heterocycles. The third kappa shape index (κ3) is 5.35. The van der Waals surface area contributed by atoms with Crippen LogP contribution in [0, 0.1) is 0 Å². The number of unbranched alkanes of at least 4 members (excludes halogenated alkanes) is 4. The zero-order valence-corrected chi connectivity index (χ0v) is 11.9. The van der Waals surface area contributed by atoms with Crippen LogP contribution in [-0.4, -0.2) is 24.6 Å². The zero-order valence-electron chi connectivity index (χ0n) is 10.9. The van der Waals surface area contributed by atoms with Crippen LogP contribution in [0.1, 0.15) is 59.8 Å². The first kappa shape index (κ1) is 14.4. The second-order valence-corrected chi connectivity index (χ2v) is 10.3. The van der Waals surface area contributed by atoms with Gasteiger partial charge in [-0.25, -0.2) is 0 Å². The van der Waals surface area contributed by atoms with Crippen LogP contribution >= 0.6 is 7.26 Å². The van der Waals surface area contributed by atoms with E-state index >= 15 is 0 Å². The molecule has 0 saturated carbocycles. The SMILES string of the molecule is CCCCCCC[PH](CC)(CC)CC. The van der Waals surface area contributed by atoms with Gasteiger partial charge in [-0.1, -0.05) is 0 Å². The molecule has 0 aliphatic heterocycles. The summed E-state index contributed by atoms with van der Waals surface area (Å²) in [4.78, 5) is 0. The molecular weight excluding hydrogens is 187 g/mol. The van der Waals surface area contributed by atoms with Gasteiger partial charge >= 0.3 is 91.7 Å². The van der Waals surface area contributed by atoms with Crippen molar-refractivity contribution in [3.63, 3.8) is 0 Å². The van der Waals surface area contributed by atoms with Crippen LogP contribution in [0.4, 0.5) is 0 Å². The van der Waals surface area contributed by atoms with Crippen molar-refractivity contribution in [2.45, 2.75) is 59.8 Å². The fraction of sp³-hybridized carbons (Fsp3) is 1.00. The molecule has 0 N–H and O–H groups in total. The Hall–Kier alpha value is 0.430. The van der Waals surface area contributed by atoms with Crippen molar-refractivity contribution in [3.8, 4) is 0 Å². The average Bonchev–Trinajstić information content (AvgIpc) is 2.24. The van der Waals surface area contributed by atoms with Gasteiger partial charge in [0.1, 0.15) is 0 Å². The molecule has 0 nitrogen and oxygen atoms in total. The van der Waals surface area contributed by atoms with E-state index < -0.39 is 7.26 Å². The van der Waals surface area contributed by atoms with E-state index in [4.69, 9.17) is 0 Å². The van der Waals surface area contributed by atoms with Crippen molar-refractivity contribution in [1.82, 2.24) is 0 Å². The van der Waals surface area contributed by atoms with E-state index in [1.807, 2.05) is 0 Å². The van der Waals surface area contributed by atoms with Crippen molar-refractivity contribution >= 4 is 7.26 Å². The fourth-order valence-corrected chi connectivity index (χ4v) is 5.94. The fourth-order valence-electron chi connectivity index (χ4n) is 2.38. The summed E-state index contributed by atoms with van der Waals surface area (Å²) < 4.78 is 0. The van der Waals surface area contributed by atoms with Gasteiger partial charge < -0.3 is 0 Å². The van der Waals surface area contributed by atoms with Gasteiger partial charge in [0.25, 0.3) is 0 Å². The van der Waals surface area contributed by atoms with Crippen molar-refractivity contribution in [3.05, 3.63) is 0 Å². The maximum absolute atomic E-state index is 2.42. The van der Waals surface area contributed by atoms with Crippen molar-refractivity contribution < 1.29 is 0 Å². The molecule has 0 amide bonds. The summed E-state index contributed by atoms with van der Waals surface area (Å²) in [7, 11) is -0.778. The molecule has 1 heteroatoms. The molecule has 0 aliphatic rings. The van der Waals surface area contributed by atoms with Gasteiger partial charge in [-0.2, -0.15) is 0 Å². The Morgan fingerprint density at radius 3 is 1.57 bits per heavy atom. The van der Waals surface area contributed by atoms with E-state index in [-0.39, 0.29) is 0 Å². The molecule has 0 atom stereocenters. The molecular formula is C13H31P. The first-order valence-electron chi connectivity index (χ1n) is 6.74. The standard InChI is InChI=1S/C13H31P/c1-5-9-10-11-12-13-14(6-2,7-3)8-4/h14H,5-13H2,1-4H3. The maximum atomic E-state index is 2.42. The average molecular weight is 218 g/mol. The van der Waals surface area contributed by atoms with Crippen LogP contribution in [0.5, 0.6) is 0 Å². The minimum absolute atomic E-state index is 0.778. The van der Waals surface area contributed by atoms with E-state index in [0.29, 0.717) is 0 Å². The molecule has 0 saturated heterocycles. The van der Waals surface area contributed by atoms with Gasteiger partial charge in [0.2, 0.25) is 0 Å². The number of hydrogen-bond acceptors (Lipinski definition) is 0. The minimum atomic E-state index is -0.778. The zero-order chi connectivity index (χ0) is 10.9. The Morgan fingerprint density at radius 2 is 1.14 bits per heavy atom. The molecule has 0 bridgehead atoms. The predicted octanol–water partition coefficient (Wildman–Crippen LogP) is 4.77. The second kappa shape index (κ2) is 8.72. The summed E-state index contributed by atoms with van der Waals surface area (Å²) in [5.74, 6) is 0. The van der Waals surface area contributed by atoms with E-state index in [1.54, 1.807) is 6.16 Å². The van der Waals surface area contributed by atoms with Crippen LogP contribution in [0.2, 0.25) is 0 Å². The van der Waals surface area contributed by atoms with Gasteiger partial charge in [0, 0.05) is 0 Å². The number of rotatable bonds is 9. The molecule has 0 fully saturated rings. The van der Waals surface area contributed by atoms with Gasteiger partial charge in [0.05, 0.1) is 0 Å². The Morgan fingerprint density at radius 1 is 0.643 bits per heavy atom. The van der Waals surface area contributed by atoms with Crippen LogP contribution in [0.3, 0.4) is 0 Å². The van der Waals surface area contributed by atoms with Gasteiger partial charge in [-0.3, -0.25) is 0 Å². The molecule has 0 aliphatic carbocycles. The molecule has 0 rings (SSSR count). The Balaban J connectivity index is 3.61. The topological polar surface area (TPSA) is 0 Å². The Labute approximate surface area is 92.2 Å². The summed E-state index contributed by atoms with van der Waals surface area (Å²) in [6.45, 7) is 9.56.